The van der Waals surface area contributed by atoms with Gasteiger partial charge in [0.05, 0.1) is 5.92 Å². The molecule has 0 amide bonds. The molecule has 5 heteroatoms. The van der Waals surface area contributed by atoms with Crippen molar-refractivity contribution in [3.8, 4) is 0 Å². The van der Waals surface area contributed by atoms with Gasteiger partial charge in [-0.2, -0.15) is 0 Å². The first-order chi connectivity index (χ1) is 8.09. The molecule has 0 bridgehead atoms. The highest BCUT2D eigenvalue weighted by Crippen LogP contribution is 2.36. The number of nitrogens with zero attached hydrogens (tertiary/aromatic N) is 1. The highest BCUT2D eigenvalue weighted by Gasteiger charge is 2.34. The fraction of sp³-hybridized carbons (Fsp3) is 0.333. The van der Waals surface area contributed by atoms with Gasteiger partial charge in [0.2, 0.25) is 6.04 Å². The summed E-state index contributed by atoms with van der Waals surface area (Å²) in [6.07, 6.45) is 4.92. The summed E-state index contributed by atoms with van der Waals surface area (Å²) in [4.78, 5) is 10.8. The zero-order valence-corrected chi connectivity index (χ0v) is 10.5. The van der Waals surface area contributed by atoms with E-state index in [4.69, 9.17) is 23.2 Å². The summed E-state index contributed by atoms with van der Waals surface area (Å²) >= 11 is 11.9. The summed E-state index contributed by atoms with van der Waals surface area (Å²) in [7, 11) is 0. The highest BCUT2D eigenvalue weighted by molar-refractivity contribution is 6.35. The van der Waals surface area contributed by atoms with Crippen molar-refractivity contribution in [2.24, 2.45) is 0 Å². The molecule has 1 aromatic rings. The Bertz CT molecular complexity index is 474. The predicted octanol–water partition coefficient (Wildman–Crippen LogP) is 4.07. The fourth-order valence-electron chi connectivity index (χ4n) is 2.17. The third-order valence-corrected chi connectivity index (χ3v) is 3.59. The summed E-state index contributed by atoms with van der Waals surface area (Å²) < 4.78 is 0. The average Bonchev–Trinajstić information content (AvgIpc) is 2.29. The Balaban J connectivity index is 2.37. The van der Waals surface area contributed by atoms with Gasteiger partial charge in [-0.1, -0.05) is 41.4 Å². The molecular weight excluding hydrogens is 261 g/mol. The van der Waals surface area contributed by atoms with Crippen LogP contribution in [0.25, 0.3) is 0 Å². The van der Waals surface area contributed by atoms with Crippen LogP contribution in [0, 0.1) is 10.1 Å². The van der Waals surface area contributed by atoms with Gasteiger partial charge < -0.3 is 0 Å². The molecule has 0 N–H and O–H groups in total. The largest absolute Gasteiger partial charge is 0.264 e. The molecular formula is C12H11Cl2NO2. The van der Waals surface area contributed by atoms with Gasteiger partial charge in [-0.3, -0.25) is 10.1 Å². The van der Waals surface area contributed by atoms with Gasteiger partial charge in [0.1, 0.15) is 0 Å². The summed E-state index contributed by atoms with van der Waals surface area (Å²) in [5, 5.41) is 12.1. The van der Waals surface area contributed by atoms with Gasteiger partial charge in [-0.15, -0.1) is 0 Å². The first kappa shape index (κ1) is 12.4. The maximum Gasteiger partial charge on any atom is 0.223 e. The maximum absolute atomic E-state index is 11.0. The highest BCUT2D eigenvalue weighted by atomic mass is 35.5. The van der Waals surface area contributed by atoms with Crippen LogP contribution in [0.1, 0.15) is 24.3 Å². The summed E-state index contributed by atoms with van der Waals surface area (Å²) in [5.74, 6) is -0.167. The number of hydrogen-bond acceptors (Lipinski definition) is 2. The van der Waals surface area contributed by atoms with Crippen LogP contribution in [0.3, 0.4) is 0 Å². The minimum Gasteiger partial charge on any atom is -0.264 e. The Morgan fingerprint density at radius 2 is 1.94 bits per heavy atom. The number of halogens is 2. The summed E-state index contributed by atoms with van der Waals surface area (Å²) in [6, 6.07) is 4.54. The Labute approximate surface area is 109 Å². The molecule has 0 saturated heterocycles. The lowest BCUT2D eigenvalue weighted by Crippen LogP contribution is -2.29. The molecule has 0 spiro atoms. The number of nitro groups is 1. The molecule has 17 heavy (non-hydrogen) atoms. The third-order valence-electron chi connectivity index (χ3n) is 3.03. The lowest BCUT2D eigenvalue weighted by molar-refractivity contribution is -0.526. The van der Waals surface area contributed by atoms with E-state index in [0.717, 1.165) is 5.56 Å². The molecule has 2 unspecified atom stereocenters. The molecule has 1 aliphatic rings. The van der Waals surface area contributed by atoms with Crippen molar-refractivity contribution >= 4 is 23.2 Å². The maximum atomic E-state index is 11.0. The first-order valence-electron chi connectivity index (χ1n) is 5.33. The van der Waals surface area contributed by atoms with Crippen molar-refractivity contribution in [3.63, 3.8) is 0 Å². The smallest absolute Gasteiger partial charge is 0.223 e. The minimum atomic E-state index is -0.598. The lowest BCUT2D eigenvalue weighted by Gasteiger charge is -2.23. The van der Waals surface area contributed by atoms with E-state index in [0.29, 0.717) is 22.9 Å². The van der Waals surface area contributed by atoms with Crippen molar-refractivity contribution in [3.05, 3.63) is 56.1 Å². The molecule has 90 valence electrons. The van der Waals surface area contributed by atoms with E-state index in [1.807, 2.05) is 12.2 Å². The molecule has 1 aromatic carbocycles. The van der Waals surface area contributed by atoms with E-state index >= 15 is 0 Å². The van der Waals surface area contributed by atoms with Crippen LogP contribution in [0.4, 0.5) is 0 Å². The Hall–Kier alpha value is -1.06. The molecule has 2 atom stereocenters. The Morgan fingerprint density at radius 1 is 1.24 bits per heavy atom. The van der Waals surface area contributed by atoms with Gasteiger partial charge in [-0.05, 0) is 24.1 Å². The number of rotatable bonds is 2. The zero-order chi connectivity index (χ0) is 12.4. The number of benzene rings is 1. The van der Waals surface area contributed by atoms with Gasteiger partial charge in [0.15, 0.2) is 0 Å². The minimum absolute atomic E-state index is 0.167. The van der Waals surface area contributed by atoms with E-state index in [-0.39, 0.29) is 10.8 Å². The second-order valence-corrected chi connectivity index (χ2v) is 4.91. The second-order valence-electron chi connectivity index (χ2n) is 4.07. The van der Waals surface area contributed by atoms with Crippen LogP contribution in [-0.2, 0) is 0 Å². The summed E-state index contributed by atoms with van der Waals surface area (Å²) in [6.45, 7) is 0. The van der Waals surface area contributed by atoms with Gasteiger partial charge in [0.25, 0.3) is 0 Å². The van der Waals surface area contributed by atoms with Crippen LogP contribution >= 0.6 is 23.2 Å². The van der Waals surface area contributed by atoms with Crippen LogP contribution in [0.2, 0.25) is 10.0 Å². The summed E-state index contributed by atoms with van der Waals surface area (Å²) in [5.41, 5.74) is 0.808. The zero-order valence-electron chi connectivity index (χ0n) is 8.98. The van der Waals surface area contributed by atoms with Crippen LogP contribution in [0.15, 0.2) is 30.4 Å². The van der Waals surface area contributed by atoms with Gasteiger partial charge in [0, 0.05) is 21.4 Å². The SMILES string of the molecule is O=[N+]([O-])C1CC=CCC1c1ccc(Cl)cc1Cl. The second kappa shape index (κ2) is 5.07. The van der Waals surface area contributed by atoms with Crippen molar-refractivity contribution in [1.29, 1.82) is 0 Å². The molecule has 0 radical (unpaired) electrons. The molecule has 0 saturated carbocycles. The van der Waals surface area contributed by atoms with E-state index in [2.05, 4.69) is 0 Å². The monoisotopic (exact) mass is 271 g/mol. The Kier molecular flexibility index (Phi) is 3.69. The fourth-order valence-corrected chi connectivity index (χ4v) is 2.72. The molecule has 1 aliphatic carbocycles. The van der Waals surface area contributed by atoms with Crippen LogP contribution in [0.5, 0.6) is 0 Å². The van der Waals surface area contributed by atoms with E-state index in [1.165, 1.54) is 0 Å². The van der Waals surface area contributed by atoms with Gasteiger partial charge >= 0.3 is 0 Å². The van der Waals surface area contributed by atoms with Crippen LogP contribution < -0.4 is 0 Å². The van der Waals surface area contributed by atoms with E-state index in [9.17, 15) is 10.1 Å². The lowest BCUT2D eigenvalue weighted by atomic mass is 9.84. The standard InChI is InChI=1S/C12H11Cl2NO2/c13-8-5-6-9(11(14)7-8)10-3-1-2-4-12(10)15(16)17/h1-2,5-7,10,12H,3-4H2. The van der Waals surface area contributed by atoms with Crippen molar-refractivity contribution < 1.29 is 4.92 Å². The normalized spacial score (nSPS) is 23.6. The first-order valence-corrected chi connectivity index (χ1v) is 6.08. The van der Waals surface area contributed by atoms with E-state index < -0.39 is 6.04 Å². The molecule has 0 fully saturated rings. The van der Waals surface area contributed by atoms with Gasteiger partial charge in [-0.25, -0.2) is 0 Å². The molecule has 0 aromatic heterocycles. The third kappa shape index (κ3) is 2.61. The van der Waals surface area contributed by atoms with Crippen LogP contribution in [-0.4, -0.2) is 11.0 Å². The van der Waals surface area contributed by atoms with Crippen molar-refractivity contribution in [2.45, 2.75) is 24.8 Å². The topological polar surface area (TPSA) is 43.1 Å². The van der Waals surface area contributed by atoms with Crippen molar-refractivity contribution in [1.82, 2.24) is 0 Å². The molecule has 3 nitrogen and oxygen atoms in total. The quantitative estimate of drug-likeness (QED) is 0.462. The average molecular weight is 272 g/mol. The van der Waals surface area contributed by atoms with E-state index in [1.54, 1.807) is 18.2 Å². The predicted molar refractivity (Wildman–Crippen MR) is 68.4 cm³/mol. The number of hydrogen-bond donors (Lipinski definition) is 0. The molecule has 2 rings (SSSR count). The Morgan fingerprint density at radius 3 is 2.59 bits per heavy atom. The molecule has 0 aliphatic heterocycles. The van der Waals surface area contributed by atoms with Crippen molar-refractivity contribution in [2.75, 3.05) is 0 Å². The number of allylic oxidation sites excluding steroid dienone is 1. The molecule has 0 heterocycles.